The molecule has 0 aromatic carbocycles. The number of rotatable bonds is 10. The summed E-state index contributed by atoms with van der Waals surface area (Å²) < 4.78 is 0. The summed E-state index contributed by atoms with van der Waals surface area (Å²) in [5.41, 5.74) is 5.29. The van der Waals surface area contributed by atoms with Crippen molar-refractivity contribution < 1.29 is 5.11 Å². The quantitative estimate of drug-likeness (QED) is 0.388. The molecule has 0 aromatic heterocycles. The largest absolute Gasteiger partial charge is 0.392 e. The molecule has 128 valence electrons. The molecule has 0 bridgehead atoms. The summed E-state index contributed by atoms with van der Waals surface area (Å²) in [4.78, 5) is 0. The van der Waals surface area contributed by atoms with Crippen molar-refractivity contribution in [1.29, 1.82) is 0 Å². The van der Waals surface area contributed by atoms with Gasteiger partial charge in [0.2, 0.25) is 0 Å². The van der Waals surface area contributed by atoms with Crippen molar-refractivity contribution in [3.8, 4) is 12.3 Å². The van der Waals surface area contributed by atoms with Crippen LogP contribution in [-0.2, 0) is 0 Å². The van der Waals surface area contributed by atoms with E-state index in [0.29, 0.717) is 0 Å². The van der Waals surface area contributed by atoms with Crippen molar-refractivity contribution in [3.63, 3.8) is 0 Å². The van der Waals surface area contributed by atoms with Crippen LogP contribution in [-0.4, -0.2) is 11.7 Å². The van der Waals surface area contributed by atoms with Crippen LogP contribution in [0.5, 0.6) is 0 Å². The average Bonchev–Trinajstić information content (AvgIpc) is 2.47. The van der Waals surface area contributed by atoms with E-state index in [0.717, 1.165) is 32.1 Å². The van der Waals surface area contributed by atoms with Gasteiger partial charge in [-0.3, -0.25) is 0 Å². The van der Waals surface area contributed by atoms with Crippen molar-refractivity contribution in [2.45, 2.75) is 66.7 Å². The van der Waals surface area contributed by atoms with Gasteiger partial charge in [0.1, 0.15) is 0 Å². The minimum absolute atomic E-state index is 0.123. The van der Waals surface area contributed by atoms with Crippen LogP contribution in [0, 0.1) is 18.3 Å². The maximum Gasteiger partial charge on any atom is 0.0614 e. The maximum atomic E-state index is 8.86. The van der Waals surface area contributed by atoms with Gasteiger partial charge < -0.3 is 5.11 Å². The Balaban J connectivity index is 4.44. The Morgan fingerprint density at radius 1 is 0.913 bits per heavy atom. The Bertz CT molecular complexity index is 491. The van der Waals surface area contributed by atoms with E-state index in [1.54, 1.807) is 0 Å². The lowest BCUT2D eigenvalue weighted by Crippen LogP contribution is -1.98. The lowest BCUT2D eigenvalue weighted by atomic mass is 9.94. The van der Waals surface area contributed by atoms with Crippen molar-refractivity contribution in [3.05, 3.63) is 46.6 Å². The highest BCUT2D eigenvalue weighted by molar-refractivity contribution is 5.18. The Kier molecular flexibility index (Phi) is 12.1. The lowest BCUT2D eigenvalue weighted by Gasteiger charge is -2.10. The Morgan fingerprint density at radius 3 is 2.00 bits per heavy atom. The summed E-state index contributed by atoms with van der Waals surface area (Å²) in [5, 5.41) is 8.86. The van der Waals surface area contributed by atoms with Crippen molar-refractivity contribution >= 4 is 0 Å². The van der Waals surface area contributed by atoms with Crippen LogP contribution in [0.3, 0.4) is 0 Å². The van der Waals surface area contributed by atoms with Gasteiger partial charge >= 0.3 is 0 Å². The van der Waals surface area contributed by atoms with Gasteiger partial charge in [0.15, 0.2) is 0 Å². The molecule has 0 fully saturated rings. The van der Waals surface area contributed by atoms with Crippen LogP contribution in [0.2, 0.25) is 0 Å². The summed E-state index contributed by atoms with van der Waals surface area (Å²) in [7, 11) is 0. The number of aliphatic hydroxyl groups excluding tert-OH is 1. The third-order valence-corrected chi connectivity index (χ3v) is 3.99. The minimum Gasteiger partial charge on any atom is -0.392 e. The van der Waals surface area contributed by atoms with Crippen LogP contribution in [0.15, 0.2) is 46.6 Å². The second-order valence-corrected chi connectivity index (χ2v) is 6.55. The molecule has 0 radical (unpaired) electrons. The molecule has 0 rings (SSSR count). The van der Waals surface area contributed by atoms with Gasteiger partial charge in [-0.2, -0.15) is 0 Å². The molecule has 0 amide bonds. The molecule has 0 spiro atoms. The first-order valence-electron chi connectivity index (χ1n) is 8.59. The molecule has 0 aliphatic heterocycles. The topological polar surface area (TPSA) is 20.2 Å². The number of hydrogen-bond acceptors (Lipinski definition) is 1. The highest BCUT2D eigenvalue weighted by atomic mass is 16.2. The Labute approximate surface area is 143 Å². The first kappa shape index (κ1) is 21.5. The van der Waals surface area contributed by atoms with E-state index < -0.39 is 0 Å². The lowest BCUT2D eigenvalue weighted by molar-refractivity contribution is 0.341. The molecule has 0 aromatic rings. The molecule has 0 saturated carbocycles. The van der Waals surface area contributed by atoms with Crippen LogP contribution in [0.1, 0.15) is 66.7 Å². The fourth-order valence-electron chi connectivity index (χ4n) is 2.32. The van der Waals surface area contributed by atoms with Gasteiger partial charge in [0, 0.05) is 5.92 Å². The number of hydrogen-bond donors (Lipinski definition) is 1. The SMILES string of the molecule is C#CC(C/C=C(\C)CCC=C(C)C)C(C)=CCC/C(C)=C/CO. The molecule has 1 N–H and O–H groups in total. The van der Waals surface area contributed by atoms with Crippen LogP contribution >= 0.6 is 0 Å². The highest BCUT2D eigenvalue weighted by Crippen LogP contribution is 2.19. The number of aliphatic hydroxyl groups is 1. The first-order valence-corrected chi connectivity index (χ1v) is 8.59. The van der Waals surface area contributed by atoms with E-state index >= 15 is 0 Å². The minimum atomic E-state index is 0.123. The van der Waals surface area contributed by atoms with E-state index in [1.165, 1.54) is 22.3 Å². The second kappa shape index (κ2) is 13.0. The van der Waals surface area contributed by atoms with Gasteiger partial charge in [-0.25, -0.2) is 0 Å². The molecule has 23 heavy (non-hydrogen) atoms. The summed E-state index contributed by atoms with van der Waals surface area (Å²) in [6, 6.07) is 0. The number of allylic oxidation sites excluding steroid dienone is 7. The third-order valence-electron chi connectivity index (χ3n) is 3.99. The van der Waals surface area contributed by atoms with E-state index in [4.69, 9.17) is 11.5 Å². The predicted octanol–water partition coefficient (Wildman–Crippen LogP) is 5.98. The fourth-order valence-corrected chi connectivity index (χ4v) is 2.32. The van der Waals surface area contributed by atoms with E-state index in [9.17, 15) is 0 Å². The summed E-state index contributed by atoms with van der Waals surface area (Å²) in [6.45, 7) is 10.8. The molecule has 0 aliphatic rings. The molecule has 0 saturated heterocycles. The van der Waals surface area contributed by atoms with E-state index in [-0.39, 0.29) is 12.5 Å². The normalized spacial score (nSPS) is 14.4. The van der Waals surface area contributed by atoms with Gasteiger partial charge in [-0.15, -0.1) is 6.42 Å². The van der Waals surface area contributed by atoms with Crippen LogP contribution in [0.4, 0.5) is 0 Å². The molecular formula is C22H34O. The molecule has 1 atom stereocenters. The molecule has 0 heterocycles. The van der Waals surface area contributed by atoms with E-state index in [2.05, 4.69) is 58.8 Å². The second-order valence-electron chi connectivity index (χ2n) is 6.55. The molecule has 1 nitrogen and oxygen atoms in total. The Hall–Kier alpha value is -1.52. The van der Waals surface area contributed by atoms with Crippen molar-refractivity contribution in [1.82, 2.24) is 0 Å². The van der Waals surface area contributed by atoms with Gasteiger partial charge in [-0.05, 0) is 66.7 Å². The summed E-state index contributed by atoms with van der Waals surface area (Å²) >= 11 is 0. The van der Waals surface area contributed by atoms with E-state index in [1.807, 2.05) is 6.08 Å². The zero-order valence-corrected chi connectivity index (χ0v) is 15.7. The average molecular weight is 315 g/mol. The van der Waals surface area contributed by atoms with Crippen LogP contribution < -0.4 is 0 Å². The van der Waals surface area contributed by atoms with Crippen molar-refractivity contribution in [2.24, 2.45) is 5.92 Å². The van der Waals surface area contributed by atoms with Crippen molar-refractivity contribution in [2.75, 3.05) is 6.61 Å². The van der Waals surface area contributed by atoms with Gasteiger partial charge in [-0.1, -0.05) is 52.5 Å². The fraction of sp³-hybridized carbons (Fsp3) is 0.545. The smallest absolute Gasteiger partial charge is 0.0614 e. The molecule has 1 unspecified atom stereocenters. The summed E-state index contributed by atoms with van der Waals surface area (Å²) in [5.74, 6) is 3.11. The van der Waals surface area contributed by atoms with Gasteiger partial charge in [0.25, 0.3) is 0 Å². The van der Waals surface area contributed by atoms with Crippen LogP contribution in [0.25, 0.3) is 0 Å². The summed E-state index contributed by atoms with van der Waals surface area (Å²) in [6.07, 6.45) is 19.5. The number of terminal acetylenes is 1. The predicted molar refractivity (Wildman–Crippen MR) is 103 cm³/mol. The highest BCUT2D eigenvalue weighted by Gasteiger charge is 2.05. The standard InChI is InChI=1S/C22H34O/c1-7-22(15-14-19(4)11-8-10-18(2)3)21(6)13-9-12-20(5)16-17-23/h1,10,13-14,16,22-23H,8-9,11-12,15,17H2,2-6H3/b19-14+,20-16+,21-13?. The van der Waals surface area contributed by atoms with Gasteiger partial charge in [0.05, 0.1) is 6.61 Å². The third kappa shape index (κ3) is 11.7. The first-order chi connectivity index (χ1) is 10.9. The monoisotopic (exact) mass is 314 g/mol. The molecular weight excluding hydrogens is 280 g/mol. The molecule has 1 heteroatoms. The molecule has 0 aliphatic carbocycles. The maximum absolute atomic E-state index is 8.86. The zero-order valence-electron chi connectivity index (χ0n) is 15.7. The Morgan fingerprint density at radius 2 is 1.48 bits per heavy atom. The zero-order chi connectivity index (χ0) is 17.7.